The van der Waals surface area contributed by atoms with Gasteiger partial charge in [-0.2, -0.15) is 0 Å². The summed E-state index contributed by atoms with van der Waals surface area (Å²) in [5.74, 6) is 0.277. The zero-order chi connectivity index (χ0) is 11.3. The van der Waals surface area contributed by atoms with Crippen LogP contribution in [0.2, 0.25) is 5.02 Å². The van der Waals surface area contributed by atoms with Gasteiger partial charge in [-0.3, -0.25) is 0 Å². The Hall–Kier alpha value is -0.310. The second kappa shape index (κ2) is 6.31. The fourth-order valence-corrected chi connectivity index (χ4v) is 1.75. The average Bonchev–Trinajstić information content (AvgIpc) is 2.24. The molecular weight excluding hydrogens is 236 g/mol. The van der Waals surface area contributed by atoms with Crippen molar-refractivity contribution < 1.29 is 4.39 Å². The highest BCUT2D eigenvalue weighted by Crippen LogP contribution is 2.17. The van der Waals surface area contributed by atoms with Crippen molar-refractivity contribution in [2.24, 2.45) is 0 Å². The third kappa shape index (κ3) is 3.98. The summed E-state index contributed by atoms with van der Waals surface area (Å²) in [6, 6.07) is 4.60. The normalized spacial score (nSPS) is 12.8. The highest BCUT2D eigenvalue weighted by molar-refractivity contribution is 6.31. The molecule has 0 radical (unpaired) electrons. The van der Waals surface area contributed by atoms with Crippen LogP contribution in [0.4, 0.5) is 4.39 Å². The van der Waals surface area contributed by atoms with Gasteiger partial charge in [-0.1, -0.05) is 18.5 Å². The van der Waals surface area contributed by atoms with Crippen LogP contribution in [0.1, 0.15) is 18.9 Å². The van der Waals surface area contributed by atoms with Crippen molar-refractivity contribution in [2.45, 2.75) is 25.9 Å². The second-order valence-electron chi connectivity index (χ2n) is 3.38. The van der Waals surface area contributed by atoms with Crippen LogP contribution in [-0.2, 0) is 6.54 Å². The SMILES string of the molecule is CCC(CCl)NCc1cc(F)ccc1Cl. The van der Waals surface area contributed by atoms with E-state index < -0.39 is 0 Å². The number of alkyl halides is 1. The van der Waals surface area contributed by atoms with E-state index in [4.69, 9.17) is 23.2 Å². The Morgan fingerprint density at radius 3 is 2.80 bits per heavy atom. The standard InChI is InChI=1S/C11H14Cl2FN/c1-2-10(6-12)15-7-8-5-9(14)3-4-11(8)13/h3-5,10,15H,2,6-7H2,1H3. The summed E-state index contributed by atoms with van der Waals surface area (Å²) in [4.78, 5) is 0. The van der Waals surface area contributed by atoms with Gasteiger partial charge in [0.25, 0.3) is 0 Å². The van der Waals surface area contributed by atoms with Gasteiger partial charge in [-0.15, -0.1) is 11.6 Å². The predicted octanol–water partition coefficient (Wildman–Crippen LogP) is 3.59. The summed E-state index contributed by atoms with van der Waals surface area (Å²) in [7, 11) is 0. The summed E-state index contributed by atoms with van der Waals surface area (Å²) >= 11 is 11.7. The van der Waals surface area contributed by atoms with Gasteiger partial charge >= 0.3 is 0 Å². The minimum atomic E-state index is -0.268. The lowest BCUT2D eigenvalue weighted by molar-refractivity contribution is 0.536. The number of benzene rings is 1. The molecule has 1 aromatic carbocycles. The Morgan fingerprint density at radius 1 is 1.47 bits per heavy atom. The van der Waals surface area contributed by atoms with Crippen molar-refractivity contribution >= 4 is 23.2 Å². The molecule has 0 aliphatic heterocycles. The molecule has 0 saturated heterocycles. The van der Waals surface area contributed by atoms with Gasteiger partial charge in [0.05, 0.1) is 0 Å². The number of hydrogen-bond acceptors (Lipinski definition) is 1. The van der Waals surface area contributed by atoms with Crippen LogP contribution in [0.15, 0.2) is 18.2 Å². The first kappa shape index (κ1) is 12.8. The van der Waals surface area contributed by atoms with Crippen molar-refractivity contribution in [2.75, 3.05) is 5.88 Å². The minimum absolute atomic E-state index is 0.242. The molecule has 0 aromatic heterocycles. The van der Waals surface area contributed by atoms with E-state index in [2.05, 4.69) is 5.32 Å². The molecule has 0 aliphatic carbocycles. The molecule has 1 nitrogen and oxygen atoms in total. The monoisotopic (exact) mass is 249 g/mol. The Bertz CT molecular complexity index is 313. The molecule has 1 unspecified atom stereocenters. The van der Waals surface area contributed by atoms with E-state index in [1.54, 1.807) is 6.07 Å². The largest absolute Gasteiger partial charge is 0.309 e. The van der Waals surface area contributed by atoms with Crippen LogP contribution in [0, 0.1) is 5.82 Å². The Labute approximate surface area is 99.6 Å². The van der Waals surface area contributed by atoms with Gasteiger partial charge < -0.3 is 5.32 Å². The topological polar surface area (TPSA) is 12.0 Å². The Balaban J connectivity index is 2.60. The van der Waals surface area contributed by atoms with Gasteiger partial charge in [-0.05, 0) is 30.2 Å². The molecule has 4 heteroatoms. The van der Waals surface area contributed by atoms with Crippen LogP contribution < -0.4 is 5.32 Å². The molecule has 0 bridgehead atoms. The first-order valence-electron chi connectivity index (χ1n) is 4.90. The summed E-state index contributed by atoms with van der Waals surface area (Å²) in [5.41, 5.74) is 0.764. The molecule has 1 rings (SSSR count). The highest BCUT2D eigenvalue weighted by atomic mass is 35.5. The lowest BCUT2D eigenvalue weighted by Gasteiger charge is -2.14. The smallest absolute Gasteiger partial charge is 0.123 e. The summed E-state index contributed by atoms with van der Waals surface area (Å²) in [6.45, 7) is 2.59. The van der Waals surface area contributed by atoms with Crippen LogP contribution >= 0.6 is 23.2 Å². The van der Waals surface area contributed by atoms with Crippen LogP contribution in [0.5, 0.6) is 0 Å². The fourth-order valence-electron chi connectivity index (χ4n) is 1.24. The van der Waals surface area contributed by atoms with Crippen LogP contribution in [0.3, 0.4) is 0 Å². The first-order chi connectivity index (χ1) is 7.17. The zero-order valence-electron chi connectivity index (χ0n) is 8.56. The van der Waals surface area contributed by atoms with E-state index in [9.17, 15) is 4.39 Å². The Morgan fingerprint density at radius 2 is 2.20 bits per heavy atom. The average molecular weight is 250 g/mol. The van der Waals surface area contributed by atoms with Crippen molar-refractivity contribution in [3.05, 3.63) is 34.6 Å². The molecule has 84 valence electrons. The third-order valence-electron chi connectivity index (χ3n) is 2.27. The lowest BCUT2D eigenvalue weighted by atomic mass is 10.2. The number of halogens is 3. The zero-order valence-corrected chi connectivity index (χ0v) is 10.1. The quantitative estimate of drug-likeness (QED) is 0.787. The van der Waals surface area contributed by atoms with Crippen LogP contribution in [-0.4, -0.2) is 11.9 Å². The molecule has 0 heterocycles. The van der Waals surface area contributed by atoms with Gasteiger partial charge in [0.15, 0.2) is 0 Å². The number of rotatable bonds is 5. The van der Waals surface area contributed by atoms with Crippen LogP contribution in [0.25, 0.3) is 0 Å². The maximum Gasteiger partial charge on any atom is 0.123 e. The van der Waals surface area contributed by atoms with E-state index in [0.717, 1.165) is 12.0 Å². The lowest BCUT2D eigenvalue weighted by Crippen LogP contribution is -2.29. The Kier molecular flexibility index (Phi) is 5.37. The maximum absolute atomic E-state index is 12.9. The van der Waals surface area contributed by atoms with E-state index in [0.29, 0.717) is 17.4 Å². The molecule has 15 heavy (non-hydrogen) atoms. The second-order valence-corrected chi connectivity index (χ2v) is 4.09. The molecule has 1 N–H and O–H groups in total. The molecule has 0 fully saturated rings. The van der Waals surface area contributed by atoms with Crippen molar-refractivity contribution in [3.8, 4) is 0 Å². The highest BCUT2D eigenvalue weighted by Gasteiger charge is 2.06. The number of hydrogen-bond donors (Lipinski definition) is 1. The molecule has 1 aromatic rings. The molecule has 0 aliphatic rings. The van der Waals surface area contributed by atoms with Crippen molar-refractivity contribution in [1.29, 1.82) is 0 Å². The summed E-state index contributed by atoms with van der Waals surface area (Å²) in [6.07, 6.45) is 0.941. The number of nitrogens with one attached hydrogen (secondary N) is 1. The van der Waals surface area contributed by atoms with E-state index >= 15 is 0 Å². The summed E-state index contributed by atoms with van der Waals surface area (Å²) in [5, 5.41) is 3.80. The van der Waals surface area contributed by atoms with E-state index in [-0.39, 0.29) is 11.9 Å². The van der Waals surface area contributed by atoms with Crippen molar-refractivity contribution in [1.82, 2.24) is 5.32 Å². The molecule has 0 saturated carbocycles. The molecule has 0 amide bonds. The van der Waals surface area contributed by atoms with E-state index in [1.807, 2.05) is 6.92 Å². The van der Waals surface area contributed by atoms with Gasteiger partial charge in [0.1, 0.15) is 5.82 Å². The fraction of sp³-hybridized carbons (Fsp3) is 0.455. The van der Waals surface area contributed by atoms with Gasteiger partial charge in [-0.25, -0.2) is 4.39 Å². The summed E-state index contributed by atoms with van der Waals surface area (Å²) < 4.78 is 12.9. The minimum Gasteiger partial charge on any atom is -0.309 e. The molecule has 0 spiro atoms. The van der Waals surface area contributed by atoms with Gasteiger partial charge in [0, 0.05) is 23.5 Å². The first-order valence-corrected chi connectivity index (χ1v) is 5.82. The third-order valence-corrected chi connectivity index (χ3v) is 3.01. The maximum atomic E-state index is 12.9. The van der Waals surface area contributed by atoms with Gasteiger partial charge in [0.2, 0.25) is 0 Å². The molecular formula is C11H14Cl2FN. The van der Waals surface area contributed by atoms with E-state index in [1.165, 1.54) is 12.1 Å². The predicted molar refractivity (Wildman–Crippen MR) is 63.0 cm³/mol. The molecule has 1 atom stereocenters. The van der Waals surface area contributed by atoms with Crippen molar-refractivity contribution in [3.63, 3.8) is 0 Å².